The molecule has 2 amide bonds. The first-order valence-electron chi connectivity index (χ1n) is 11.0. The molecule has 3 aromatic carbocycles. The van der Waals surface area contributed by atoms with Gasteiger partial charge in [-0.1, -0.05) is 55.8 Å². The lowest BCUT2D eigenvalue weighted by atomic mass is 10.1. The third kappa shape index (κ3) is 6.20. The van der Waals surface area contributed by atoms with Gasteiger partial charge in [-0.25, -0.2) is 0 Å². The summed E-state index contributed by atoms with van der Waals surface area (Å²) in [5, 5.41) is 2.96. The van der Waals surface area contributed by atoms with E-state index in [1.807, 2.05) is 36.4 Å². The SMILES string of the molecule is CCCCOc1ccc(C(=O)N(C)c2ccccc2C(=O)NCCc2ccccc2)cc1. The molecule has 0 aliphatic rings. The molecule has 3 aromatic rings. The second kappa shape index (κ2) is 11.7. The zero-order valence-corrected chi connectivity index (χ0v) is 18.7. The normalized spacial score (nSPS) is 10.4. The van der Waals surface area contributed by atoms with Gasteiger partial charge >= 0.3 is 0 Å². The highest BCUT2D eigenvalue weighted by Crippen LogP contribution is 2.22. The molecule has 0 radical (unpaired) electrons. The number of carbonyl (C=O) groups is 2. The summed E-state index contributed by atoms with van der Waals surface area (Å²) < 4.78 is 5.67. The maximum atomic E-state index is 13.0. The van der Waals surface area contributed by atoms with E-state index in [2.05, 4.69) is 12.2 Å². The molecule has 5 heteroatoms. The van der Waals surface area contributed by atoms with Crippen molar-refractivity contribution >= 4 is 17.5 Å². The van der Waals surface area contributed by atoms with Crippen LogP contribution in [-0.2, 0) is 6.42 Å². The number of hydrogen-bond donors (Lipinski definition) is 1. The van der Waals surface area contributed by atoms with Gasteiger partial charge in [0.05, 0.1) is 17.9 Å². The second-order valence-corrected chi connectivity index (χ2v) is 7.60. The summed E-state index contributed by atoms with van der Waals surface area (Å²) in [5.41, 5.74) is 2.74. The first-order valence-corrected chi connectivity index (χ1v) is 11.0. The molecule has 1 N–H and O–H groups in total. The van der Waals surface area contributed by atoms with Gasteiger partial charge in [-0.3, -0.25) is 9.59 Å². The number of nitrogens with one attached hydrogen (secondary N) is 1. The largest absolute Gasteiger partial charge is 0.494 e. The fraction of sp³-hybridized carbons (Fsp3) is 0.259. The molecule has 0 spiro atoms. The Kier molecular flexibility index (Phi) is 8.44. The van der Waals surface area contributed by atoms with Crippen molar-refractivity contribution in [3.05, 3.63) is 95.6 Å². The van der Waals surface area contributed by atoms with Crippen LogP contribution in [0.2, 0.25) is 0 Å². The third-order valence-corrected chi connectivity index (χ3v) is 5.22. The van der Waals surface area contributed by atoms with E-state index < -0.39 is 0 Å². The number of carbonyl (C=O) groups excluding carboxylic acids is 2. The van der Waals surface area contributed by atoms with Crippen molar-refractivity contribution in [2.75, 3.05) is 25.1 Å². The molecule has 166 valence electrons. The average molecular weight is 431 g/mol. The van der Waals surface area contributed by atoms with Crippen LogP contribution in [0.1, 0.15) is 46.0 Å². The van der Waals surface area contributed by atoms with Crippen LogP contribution in [0, 0.1) is 0 Å². The van der Waals surface area contributed by atoms with E-state index in [9.17, 15) is 9.59 Å². The molecule has 0 unspecified atom stereocenters. The Morgan fingerprint density at radius 1 is 0.906 bits per heavy atom. The Bertz CT molecular complexity index is 1020. The van der Waals surface area contributed by atoms with E-state index in [1.165, 1.54) is 4.90 Å². The highest BCUT2D eigenvalue weighted by Gasteiger charge is 2.19. The molecule has 3 rings (SSSR count). The van der Waals surface area contributed by atoms with Crippen molar-refractivity contribution in [3.8, 4) is 5.75 Å². The molecular weight excluding hydrogens is 400 g/mol. The first-order chi connectivity index (χ1) is 15.6. The topological polar surface area (TPSA) is 58.6 Å². The molecule has 0 bridgehead atoms. The number of ether oxygens (including phenoxy) is 1. The van der Waals surface area contributed by atoms with Crippen LogP contribution < -0.4 is 15.0 Å². The number of rotatable bonds is 10. The smallest absolute Gasteiger partial charge is 0.258 e. The number of amides is 2. The Labute approximate surface area is 190 Å². The Morgan fingerprint density at radius 3 is 2.31 bits per heavy atom. The van der Waals surface area contributed by atoms with E-state index in [-0.39, 0.29) is 11.8 Å². The minimum atomic E-state index is -0.198. The molecule has 0 atom stereocenters. The van der Waals surface area contributed by atoms with Crippen LogP contribution in [0.25, 0.3) is 0 Å². The summed E-state index contributed by atoms with van der Waals surface area (Å²) in [6.07, 6.45) is 2.81. The van der Waals surface area contributed by atoms with Crippen molar-refractivity contribution in [2.24, 2.45) is 0 Å². The van der Waals surface area contributed by atoms with Crippen LogP contribution in [0.15, 0.2) is 78.9 Å². The van der Waals surface area contributed by atoms with Gasteiger partial charge in [0.1, 0.15) is 5.75 Å². The number of nitrogens with zero attached hydrogens (tertiary/aromatic N) is 1. The highest BCUT2D eigenvalue weighted by molar-refractivity contribution is 6.10. The van der Waals surface area contributed by atoms with Crippen molar-refractivity contribution in [2.45, 2.75) is 26.2 Å². The van der Waals surface area contributed by atoms with Gasteiger partial charge in [-0.05, 0) is 54.8 Å². The summed E-state index contributed by atoms with van der Waals surface area (Å²) in [5.74, 6) is 0.362. The predicted octanol–water partition coefficient (Wildman–Crippen LogP) is 5.11. The molecule has 0 saturated heterocycles. The lowest BCUT2D eigenvalue weighted by molar-refractivity contribution is 0.0954. The van der Waals surface area contributed by atoms with E-state index >= 15 is 0 Å². The minimum absolute atomic E-state index is 0.186. The quantitative estimate of drug-likeness (QED) is 0.455. The summed E-state index contributed by atoms with van der Waals surface area (Å²) in [4.78, 5) is 27.4. The molecule has 5 nitrogen and oxygen atoms in total. The average Bonchev–Trinajstić information content (AvgIpc) is 2.84. The van der Waals surface area contributed by atoms with Gasteiger partial charge in [0, 0.05) is 19.2 Å². The van der Waals surface area contributed by atoms with Gasteiger partial charge < -0.3 is 15.0 Å². The van der Waals surface area contributed by atoms with E-state index in [4.69, 9.17) is 4.74 Å². The molecule has 32 heavy (non-hydrogen) atoms. The Balaban J connectivity index is 1.65. The van der Waals surface area contributed by atoms with E-state index in [1.54, 1.807) is 49.5 Å². The van der Waals surface area contributed by atoms with Crippen molar-refractivity contribution in [1.29, 1.82) is 0 Å². The maximum Gasteiger partial charge on any atom is 0.258 e. The van der Waals surface area contributed by atoms with E-state index in [0.29, 0.717) is 30.0 Å². The van der Waals surface area contributed by atoms with Crippen LogP contribution >= 0.6 is 0 Å². The van der Waals surface area contributed by atoms with E-state index in [0.717, 1.165) is 30.6 Å². The number of unbranched alkanes of at least 4 members (excludes halogenated alkanes) is 1. The minimum Gasteiger partial charge on any atom is -0.494 e. The first kappa shape index (κ1) is 23.1. The lowest BCUT2D eigenvalue weighted by Crippen LogP contribution is -2.31. The van der Waals surface area contributed by atoms with Gasteiger partial charge in [-0.2, -0.15) is 0 Å². The fourth-order valence-corrected chi connectivity index (χ4v) is 3.35. The van der Waals surface area contributed by atoms with Gasteiger partial charge in [-0.15, -0.1) is 0 Å². The molecule has 0 aliphatic carbocycles. The molecule has 0 aliphatic heterocycles. The van der Waals surface area contributed by atoms with Crippen LogP contribution in [0.4, 0.5) is 5.69 Å². The van der Waals surface area contributed by atoms with Gasteiger partial charge in [0.25, 0.3) is 11.8 Å². The number of hydrogen-bond acceptors (Lipinski definition) is 3. The molecule has 0 heterocycles. The van der Waals surface area contributed by atoms with Crippen molar-refractivity contribution in [3.63, 3.8) is 0 Å². The Morgan fingerprint density at radius 2 is 1.59 bits per heavy atom. The molecular formula is C27H30N2O3. The number of anilines is 1. The monoisotopic (exact) mass is 430 g/mol. The Hall–Kier alpha value is -3.60. The maximum absolute atomic E-state index is 13.0. The zero-order chi connectivity index (χ0) is 22.8. The van der Waals surface area contributed by atoms with Gasteiger partial charge in [0.2, 0.25) is 0 Å². The van der Waals surface area contributed by atoms with Gasteiger partial charge in [0.15, 0.2) is 0 Å². The van der Waals surface area contributed by atoms with Crippen LogP contribution in [0.5, 0.6) is 5.75 Å². The van der Waals surface area contributed by atoms with Crippen LogP contribution in [-0.4, -0.2) is 32.0 Å². The summed E-state index contributed by atoms with van der Waals surface area (Å²) in [6, 6.07) is 24.3. The summed E-state index contributed by atoms with van der Waals surface area (Å²) in [6.45, 7) is 3.30. The van der Waals surface area contributed by atoms with Crippen LogP contribution in [0.3, 0.4) is 0 Å². The third-order valence-electron chi connectivity index (χ3n) is 5.22. The zero-order valence-electron chi connectivity index (χ0n) is 18.7. The molecule has 0 aromatic heterocycles. The van der Waals surface area contributed by atoms with Crippen molar-refractivity contribution in [1.82, 2.24) is 5.32 Å². The standard InChI is InChI=1S/C27H30N2O3/c1-3-4-20-32-23-16-14-22(15-17-23)27(31)29(2)25-13-9-8-12-24(25)26(30)28-19-18-21-10-6-5-7-11-21/h5-17H,3-4,18-20H2,1-2H3,(H,28,30). The molecule has 0 fully saturated rings. The molecule has 0 saturated carbocycles. The second-order valence-electron chi connectivity index (χ2n) is 7.60. The fourth-order valence-electron chi connectivity index (χ4n) is 3.35. The van der Waals surface area contributed by atoms with Crippen molar-refractivity contribution < 1.29 is 14.3 Å². The predicted molar refractivity (Wildman–Crippen MR) is 128 cm³/mol. The summed E-state index contributed by atoms with van der Waals surface area (Å²) in [7, 11) is 1.68. The summed E-state index contributed by atoms with van der Waals surface area (Å²) >= 11 is 0. The number of para-hydroxylation sites is 1. The lowest BCUT2D eigenvalue weighted by Gasteiger charge is -2.21. The number of benzene rings is 3. The highest BCUT2D eigenvalue weighted by atomic mass is 16.5.